The Hall–Kier alpha value is -2.03. The number of rotatable bonds is 4. The number of anilines is 1. The van der Waals surface area contributed by atoms with E-state index in [0.717, 1.165) is 11.4 Å². The molecule has 0 spiro atoms. The maximum absolute atomic E-state index is 12.7. The van der Waals surface area contributed by atoms with Crippen molar-refractivity contribution in [3.63, 3.8) is 0 Å². The van der Waals surface area contributed by atoms with Gasteiger partial charge in [0, 0.05) is 32.0 Å². The molecule has 3 heterocycles. The van der Waals surface area contributed by atoms with Gasteiger partial charge in [0.1, 0.15) is 5.01 Å². The van der Waals surface area contributed by atoms with Gasteiger partial charge in [0.15, 0.2) is 0 Å². The Balaban J connectivity index is 1.61. The number of nitrogens with zero attached hydrogens (tertiary/aromatic N) is 4. The maximum Gasteiger partial charge on any atom is 0.229 e. The molecule has 2 fully saturated rings. The van der Waals surface area contributed by atoms with Crippen molar-refractivity contribution in [3.05, 3.63) is 5.01 Å². The Bertz CT molecular complexity index is 653. The largest absolute Gasteiger partial charge is 0.369 e. The van der Waals surface area contributed by atoms with E-state index in [1.165, 1.54) is 11.3 Å². The average molecular weight is 351 g/mol. The van der Waals surface area contributed by atoms with Crippen LogP contribution in [0.4, 0.5) is 5.13 Å². The van der Waals surface area contributed by atoms with E-state index < -0.39 is 0 Å². The molecular formula is C15H21N5O3S. The first kappa shape index (κ1) is 16.8. The quantitative estimate of drug-likeness (QED) is 0.832. The number of piperidine rings is 1. The number of hydrogen-bond acceptors (Lipinski definition) is 6. The molecule has 24 heavy (non-hydrogen) atoms. The highest BCUT2D eigenvalue weighted by Crippen LogP contribution is 2.29. The van der Waals surface area contributed by atoms with E-state index in [-0.39, 0.29) is 36.0 Å². The van der Waals surface area contributed by atoms with Gasteiger partial charge < -0.3 is 10.6 Å². The van der Waals surface area contributed by atoms with Gasteiger partial charge in [-0.3, -0.25) is 19.3 Å². The zero-order chi connectivity index (χ0) is 17.3. The molecule has 9 heteroatoms. The number of nitrogens with two attached hydrogens (primary N) is 1. The summed E-state index contributed by atoms with van der Waals surface area (Å²) >= 11 is 1.39. The lowest BCUT2D eigenvalue weighted by atomic mass is 9.95. The molecule has 1 aromatic rings. The van der Waals surface area contributed by atoms with E-state index in [2.05, 4.69) is 10.2 Å². The summed E-state index contributed by atoms with van der Waals surface area (Å²) in [7, 11) is 0. The summed E-state index contributed by atoms with van der Waals surface area (Å²) in [6.07, 6.45) is 2.18. The Kier molecular flexibility index (Phi) is 4.79. The Morgan fingerprint density at radius 2 is 1.96 bits per heavy atom. The second-order valence-corrected chi connectivity index (χ2v) is 7.28. The average Bonchev–Trinajstić information content (AvgIpc) is 3.20. The van der Waals surface area contributed by atoms with Gasteiger partial charge in [-0.25, -0.2) is 0 Å². The highest BCUT2D eigenvalue weighted by Gasteiger charge is 2.39. The van der Waals surface area contributed by atoms with Crippen LogP contribution in [0.5, 0.6) is 0 Å². The molecule has 8 nitrogen and oxygen atoms in total. The molecule has 0 radical (unpaired) electrons. The molecular weight excluding hydrogens is 330 g/mol. The zero-order valence-corrected chi connectivity index (χ0v) is 14.4. The maximum atomic E-state index is 12.7. The van der Waals surface area contributed by atoms with E-state index in [9.17, 15) is 14.4 Å². The fourth-order valence-electron chi connectivity index (χ4n) is 3.20. The smallest absolute Gasteiger partial charge is 0.229 e. The number of primary amides is 1. The minimum absolute atomic E-state index is 0.0194. The van der Waals surface area contributed by atoms with Crippen molar-refractivity contribution >= 4 is 34.2 Å². The van der Waals surface area contributed by atoms with Crippen LogP contribution < -0.4 is 10.6 Å². The molecule has 0 aliphatic carbocycles. The summed E-state index contributed by atoms with van der Waals surface area (Å²) < 4.78 is 0. The number of likely N-dealkylation sites (tertiary alicyclic amines) is 1. The third-order valence-corrected chi connectivity index (χ3v) is 5.76. The number of amides is 3. The lowest BCUT2D eigenvalue weighted by molar-refractivity contribution is -0.138. The van der Waals surface area contributed by atoms with E-state index in [1.54, 1.807) is 9.80 Å². The number of aromatic nitrogens is 2. The zero-order valence-electron chi connectivity index (χ0n) is 13.6. The molecule has 2 N–H and O–H groups in total. The third-order valence-electron chi connectivity index (χ3n) is 4.67. The molecule has 1 atom stereocenters. The molecule has 130 valence electrons. The summed E-state index contributed by atoms with van der Waals surface area (Å²) in [5.74, 6) is -0.901. The number of hydrogen-bond donors (Lipinski definition) is 1. The van der Waals surface area contributed by atoms with Crippen molar-refractivity contribution in [1.29, 1.82) is 0 Å². The van der Waals surface area contributed by atoms with E-state index in [4.69, 9.17) is 5.73 Å². The van der Waals surface area contributed by atoms with Crippen LogP contribution in [0.1, 0.15) is 31.2 Å². The topological polar surface area (TPSA) is 109 Å². The number of carbonyl (C=O) groups excluding carboxylic acids is 3. The highest BCUT2D eigenvalue weighted by molar-refractivity contribution is 7.15. The summed E-state index contributed by atoms with van der Waals surface area (Å²) in [5, 5.41) is 9.53. The summed E-state index contributed by atoms with van der Waals surface area (Å²) in [6, 6.07) is 0. The van der Waals surface area contributed by atoms with Crippen molar-refractivity contribution in [2.24, 2.45) is 17.6 Å². The second kappa shape index (κ2) is 6.84. The summed E-state index contributed by atoms with van der Waals surface area (Å²) in [5.41, 5.74) is 5.32. The predicted octanol–water partition coefficient (Wildman–Crippen LogP) is 0.177. The van der Waals surface area contributed by atoms with Crippen molar-refractivity contribution in [3.8, 4) is 0 Å². The molecule has 0 aromatic carbocycles. The van der Waals surface area contributed by atoms with E-state index in [0.29, 0.717) is 37.6 Å². The van der Waals surface area contributed by atoms with E-state index >= 15 is 0 Å². The molecule has 2 aliphatic rings. The lowest BCUT2D eigenvalue weighted by Gasteiger charge is -2.32. The minimum Gasteiger partial charge on any atom is -0.369 e. The normalized spacial score (nSPS) is 22.2. The number of aryl methyl sites for hydroxylation is 1. The van der Waals surface area contributed by atoms with Gasteiger partial charge in [0.25, 0.3) is 0 Å². The molecule has 0 bridgehead atoms. The van der Waals surface area contributed by atoms with Crippen molar-refractivity contribution in [2.75, 3.05) is 24.5 Å². The van der Waals surface area contributed by atoms with Crippen LogP contribution in [0.25, 0.3) is 0 Å². The fourth-order valence-corrected chi connectivity index (χ4v) is 4.00. The van der Waals surface area contributed by atoms with E-state index in [1.807, 2.05) is 6.92 Å². The standard InChI is InChI=1S/C15H21N5O3S/c1-2-11-17-18-15(24-11)20-8-10(7-12(20)21)14(23)19-5-3-9(4-6-19)13(16)22/h9-10H,2-8H2,1H3,(H2,16,22). The van der Waals surface area contributed by atoms with Crippen molar-refractivity contribution in [1.82, 2.24) is 15.1 Å². The van der Waals surface area contributed by atoms with Gasteiger partial charge in [-0.2, -0.15) is 0 Å². The van der Waals surface area contributed by atoms with Gasteiger partial charge in [-0.05, 0) is 19.3 Å². The highest BCUT2D eigenvalue weighted by atomic mass is 32.1. The van der Waals surface area contributed by atoms with Crippen LogP contribution in [0.3, 0.4) is 0 Å². The van der Waals surface area contributed by atoms with Crippen LogP contribution in [0, 0.1) is 11.8 Å². The van der Waals surface area contributed by atoms with Gasteiger partial charge in [-0.1, -0.05) is 18.3 Å². The van der Waals surface area contributed by atoms with Crippen molar-refractivity contribution < 1.29 is 14.4 Å². The molecule has 3 rings (SSSR count). The first-order valence-corrected chi connectivity index (χ1v) is 9.02. The van der Waals surface area contributed by atoms with Crippen LogP contribution in [0.2, 0.25) is 0 Å². The third kappa shape index (κ3) is 3.26. The Morgan fingerprint density at radius 3 is 2.54 bits per heavy atom. The second-order valence-electron chi connectivity index (χ2n) is 6.24. The summed E-state index contributed by atoms with van der Waals surface area (Å²) in [4.78, 5) is 39.4. The minimum atomic E-state index is -0.350. The molecule has 2 saturated heterocycles. The monoisotopic (exact) mass is 351 g/mol. The summed E-state index contributed by atoms with van der Waals surface area (Å²) in [6.45, 7) is 3.38. The molecule has 1 aromatic heterocycles. The molecule has 2 aliphatic heterocycles. The van der Waals surface area contributed by atoms with Crippen LogP contribution >= 0.6 is 11.3 Å². The van der Waals surface area contributed by atoms with Crippen LogP contribution in [0.15, 0.2) is 0 Å². The van der Waals surface area contributed by atoms with Gasteiger partial charge in [0.2, 0.25) is 22.9 Å². The SMILES string of the molecule is CCc1nnc(N2CC(C(=O)N3CCC(C(N)=O)CC3)CC2=O)s1. The number of carbonyl (C=O) groups is 3. The predicted molar refractivity (Wildman–Crippen MR) is 88.2 cm³/mol. The first-order valence-electron chi connectivity index (χ1n) is 8.20. The Labute approximate surface area is 144 Å². The molecule has 0 saturated carbocycles. The van der Waals surface area contributed by atoms with Crippen LogP contribution in [-0.4, -0.2) is 52.5 Å². The Morgan fingerprint density at radius 1 is 1.25 bits per heavy atom. The van der Waals surface area contributed by atoms with Crippen LogP contribution in [-0.2, 0) is 20.8 Å². The van der Waals surface area contributed by atoms with Crippen molar-refractivity contribution in [2.45, 2.75) is 32.6 Å². The van der Waals surface area contributed by atoms with Gasteiger partial charge in [-0.15, -0.1) is 10.2 Å². The van der Waals surface area contributed by atoms with Gasteiger partial charge >= 0.3 is 0 Å². The molecule has 3 amide bonds. The first-order chi connectivity index (χ1) is 11.5. The van der Waals surface area contributed by atoms with Gasteiger partial charge in [0.05, 0.1) is 5.92 Å². The lowest BCUT2D eigenvalue weighted by Crippen LogP contribution is -2.44. The fraction of sp³-hybridized carbons (Fsp3) is 0.667. The molecule has 1 unspecified atom stereocenters.